The minimum atomic E-state index is -6.11. The highest BCUT2D eigenvalue weighted by Crippen LogP contribution is 2.55. The summed E-state index contributed by atoms with van der Waals surface area (Å²) < 4.78 is 201. The minimum absolute atomic E-state index is 0.0212. The van der Waals surface area contributed by atoms with Gasteiger partial charge in [0.2, 0.25) is 11.8 Å². The van der Waals surface area contributed by atoms with Crippen LogP contribution in [-0.4, -0.2) is 123 Å². The minimum Gasteiger partial charge on any atom is -0.481 e. The number of hydrogen-bond donors (Lipinski definition) is 2. The molecule has 25 heteroatoms. The van der Waals surface area contributed by atoms with Gasteiger partial charge in [0, 0.05) is 85.7 Å². The molecule has 4 aromatic rings. The van der Waals surface area contributed by atoms with E-state index in [2.05, 4.69) is 0 Å². The summed E-state index contributed by atoms with van der Waals surface area (Å²) in [5.74, 6) is -5.98. The van der Waals surface area contributed by atoms with Crippen LogP contribution in [0.4, 0.5) is 64.1 Å². The molecule has 2 amide bonds. The van der Waals surface area contributed by atoms with Crippen molar-refractivity contribution in [1.29, 1.82) is 0 Å². The van der Waals surface area contributed by atoms with Gasteiger partial charge in [-0.15, -0.1) is 0 Å². The molecule has 4 heterocycles. The smallest absolute Gasteiger partial charge is 0.418 e. The number of carboxylic acids is 2. The van der Waals surface area contributed by atoms with Crippen LogP contribution in [0.15, 0.2) is 82.6 Å². The average Bonchev–Trinajstić information content (AvgIpc) is 3.61. The molecule has 0 bridgehead atoms. The first-order valence-corrected chi connectivity index (χ1v) is 25.7. The first-order chi connectivity index (χ1) is 37.2. The largest absolute Gasteiger partial charge is 0.481 e. The van der Waals surface area contributed by atoms with Crippen molar-refractivity contribution >= 4 is 59.0 Å². The molecule has 1 unspecified atom stereocenters. The second-order valence-electron chi connectivity index (χ2n) is 19.2. The number of halogens is 12. The number of carboxylic acid groups (broad SMARTS) is 2. The van der Waals surface area contributed by atoms with E-state index in [1.165, 1.54) is 36.4 Å². The van der Waals surface area contributed by atoms with Crippen LogP contribution in [-0.2, 0) is 53.4 Å². The van der Waals surface area contributed by atoms with E-state index >= 15 is 52.7 Å². The summed E-state index contributed by atoms with van der Waals surface area (Å²) >= 11 is -0.662. The van der Waals surface area contributed by atoms with Crippen molar-refractivity contribution in [2.75, 3.05) is 88.6 Å². The topological polar surface area (TPSA) is 140 Å². The molecule has 4 aromatic carbocycles. The van der Waals surface area contributed by atoms with Crippen LogP contribution < -0.4 is 9.80 Å². The average molecular weight is 1140 g/mol. The molecule has 79 heavy (non-hydrogen) atoms. The van der Waals surface area contributed by atoms with Gasteiger partial charge in [0.1, 0.15) is 0 Å². The molecular formula is C54H50F12N4O8S. The lowest BCUT2D eigenvalue weighted by Crippen LogP contribution is -2.39. The Morgan fingerprint density at radius 2 is 0.861 bits per heavy atom. The van der Waals surface area contributed by atoms with Crippen LogP contribution in [0.2, 0.25) is 0 Å². The number of carbonyl (C=O) groups excluding carboxylic acids is 2. The molecule has 0 spiro atoms. The number of morpholine rings is 2. The normalized spacial score (nSPS) is 19.1. The second-order valence-corrected chi connectivity index (χ2v) is 20.2. The van der Waals surface area contributed by atoms with E-state index in [1.807, 2.05) is 0 Å². The lowest BCUT2D eigenvalue weighted by Gasteiger charge is -2.33. The number of aliphatic carboxylic acids is 2. The number of ether oxygens (including phenoxy) is 2. The first kappa shape index (κ1) is 58.4. The van der Waals surface area contributed by atoms with Crippen LogP contribution >= 0.6 is 11.8 Å². The second kappa shape index (κ2) is 23.5. The quantitative estimate of drug-likeness (QED) is 0.103. The third kappa shape index (κ3) is 13.5. The Balaban J connectivity index is 1.42. The number of alkyl halides is 12. The van der Waals surface area contributed by atoms with Crippen LogP contribution in [0, 0.1) is 11.8 Å². The van der Waals surface area contributed by atoms with Gasteiger partial charge in [0.05, 0.1) is 60.5 Å². The molecule has 8 rings (SSSR count). The molecule has 4 aliphatic rings. The Labute approximate surface area is 448 Å². The highest BCUT2D eigenvalue weighted by molar-refractivity contribution is 7.99. The van der Waals surface area contributed by atoms with Crippen molar-refractivity contribution < 1.29 is 91.5 Å². The SMILES string of the molecule is O=C(O)C1CCCN(c2cccc(-c3cc(Sc4cc(-c5cccc(N6CCC[C@H](C(=O)O)C6)c5)c(/C=C/C(=O)N5CCOCC5)c(C(F)(F)F)c4C(F)(F)F)c(C(F)(F)F)c(C(F)(F)F)c3/C=C/C(=O)N3CCOCC3)c2)C1. The highest BCUT2D eigenvalue weighted by atomic mass is 32.2. The molecular weight excluding hydrogens is 1090 g/mol. The standard InChI is InChI=1S/C54H50F12N4O8S/c55-51(56,57)45-37(11-13-43(71)67-17-21-77-22-18-67)39(31-5-1-9-35(25-31)69-15-3-7-33(29-69)49(73)74)27-41(47(45)53(61,62)63)79-42-28-40(32-6-2-10-36(26-32)70-16-4-8-34(30-70)50(75)76)38(12-14-44(72)68-19-23-78-24-20-68)46(52(58,59)60)48(42)54(64,65)66/h1-2,5-6,9-14,25-28,33-34H,3-4,7-8,15-24,29-30H2,(H,73,74)(H,75,76)/b13-11+,14-12+/t33-,34?/m0/s1. The summed E-state index contributed by atoms with van der Waals surface area (Å²) in [6, 6.07) is 11.2. The van der Waals surface area contributed by atoms with Gasteiger partial charge in [-0.1, -0.05) is 36.0 Å². The van der Waals surface area contributed by atoms with Crippen molar-refractivity contribution in [2.24, 2.45) is 11.8 Å². The molecule has 0 saturated carbocycles. The summed E-state index contributed by atoms with van der Waals surface area (Å²) in [6.07, 6.45) is -20.9. The molecule has 2 N–H and O–H groups in total. The maximum Gasteiger partial charge on any atom is 0.418 e. The third-order valence-corrected chi connectivity index (χ3v) is 15.1. The van der Waals surface area contributed by atoms with Crippen LogP contribution in [0.5, 0.6) is 0 Å². The fourth-order valence-electron chi connectivity index (χ4n) is 10.3. The third-order valence-electron chi connectivity index (χ3n) is 14.0. The van der Waals surface area contributed by atoms with E-state index in [1.54, 1.807) is 9.80 Å². The van der Waals surface area contributed by atoms with Crippen LogP contribution in [0.1, 0.15) is 59.1 Å². The number of amides is 2. The molecule has 2 atom stereocenters. The van der Waals surface area contributed by atoms with Crippen LogP contribution in [0.25, 0.3) is 34.4 Å². The maximum absolute atomic E-state index is 15.9. The summed E-state index contributed by atoms with van der Waals surface area (Å²) in [5.41, 5.74) is -14.4. The molecule has 12 nitrogen and oxygen atoms in total. The van der Waals surface area contributed by atoms with Gasteiger partial charge < -0.3 is 39.3 Å². The van der Waals surface area contributed by atoms with E-state index in [-0.39, 0.29) is 114 Å². The maximum atomic E-state index is 15.9. The molecule has 4 fully saturated rings. The number of piperidine rings is 2. The van der Waals surface area contributed by atoms with Gasteiger partial charge in [-0.05, 0) is 108 Å². The Bertz CT molecular complexity index is 2820. The summed E-state index contributed by atoms with van der Waals surface area (Å²) in [6.45, 7) is 0.180. The van der Waals surface area contributed by atoms with Gasteiger partial charge in [-0.3, -0.25) is 19.2 Å². The van der Waals surface area contributed by atoms with Crippen molar-refractivity contribution in [2.45, 2.75) is 60.2 Å². The Kier molecular flexibility index (Phi) is 17.4. The van der Waals surface area contributed by atoms with E-state index < -0.39 is 126 Å². The zero-order valence-corrected chi connectivity index (χ0v) is 42.4. The Hall–Kier alpha value is -6.73. The first-order valence-electron chi connectivity index (χ1n) is 24.8. The van der Waals surface area contributed by atoms with Gasteiger partial charge in [-0.25, -0.2) is 0 Å². The van der Waals surface area contributed by atoms with Crippen molar-refractivity contribution in [3.8, 4) is 22.3 Å². The summed E-state index contributed by atoms with van der Waals surface area (Å²) in [5, 5.41) is 19.6. The van der Waals surface area contributed by atoms with Gasteiger partial charge in [0.15, 0.2) is 0 Å². The zero-order valence-electron chi connectivity index (χ0n) is 41.6. The van der Waals surface area contributed by atoms with E-state index in [0.29, 0.717) is 49.3 Å². The monoisotopic (exact) mass is 1140 g/mol. The van der Waals surface area contributed by atoms with Crippen molar-refractivity contribution in [1.82, 2.24) is 9.80 Å². The fraction of sp³-hybridized carbons (Fsp3) is 0.407. The lowest BCUT2D eigenvalue weighted by molar-refractivity contribution is -0.164. The number of hydrogen-bond acceptors (Lipinski definition) is 9. The van der Waals surface area contributed by atoms with E-state index in [4.69, 9.17) is 9.47 Å². The number of benzene rings is 4. The van der Waals surface area contributed by atoms with Gasteiger partial charge in [0.25, 0.3) is 0 Å². The molecule has 4 aliphatic heterocycles. The number of rotatable bonds is 12. The number of nitrogens with zero attached hydrogens (tertiary/aromatic N) is 4. The lowest BCUT2D eigenvalue weighted by atomic mass is 9.89. The molecule has 0 radical (unpaired) electrons. The summed E-state index contributed by atoms with van der Waals surface area (Å²) in [7, 11) is 0. The molecule has 4 saturated heterocycles. The summed E-state index contributed by atoms with van der Waals surface area (Å²) in [4.78, 5) is 53.0. The molecule has 0 aliphatic carbocycles. The van der Waals surface area contributed by atoms with Gasteiger partial charge in [-0.2, -0.15) is 52.7 Å². The highest BCUT2D eigenvalue weighted by Gasteiger charge is 2.50. The van der Waals surface area contributed by atoms with Gasteiger partial charge >= 0.3 is 36.6 Å². The predicted molar refractivity (Wildman–Crippen MR) is 266 cm³/mol. The number of carbonyl (C=O) groups is 4. The predicted octanol–water partition coefficient (Wildman–Crippen LogP) is 11.6. The Morgan fingerprint density at radius 3 is 1.19 bits per heavy atom. The van der Waals surface area contributed by atoms with Crippen molar-refractivity contribution in [3.63, 3.8) is 0 Å². The molecule has 0 aromatic heterocycles. The zero-order chi connectivity index (χ0) is 57.2. The van der Waals surface area contributed by atoms with E-state index in [0.717, 1.165) is 21.9 Å². The Morgan fingerprint density at radius 1 is 0.506 bits per heavy atom. The number of anilines is 2. The van der Waals surface area contributed by atoms with E-state index in [9.17, 15) is 29.4 Å². The molecule has 424 valence electrons. The van der Waals surface area contributed by atoms with Crippen molar-refractivity contribution in [3.05, 3.63) is 106 Å². The van der Waals surface area contributed by atoms with Crippen LogP contribution in [0.3, 0.4) is 0 Å². The fourth-order valence-corrected chi connectivity index (χ4v) is 11.5.